The van der Waals surface area contributed by atoms with Crippen molar-refractivity contribution in [1.29, 1.82) is 5.26 Å². The molecule has 1 aliphatic carbocycles. The summed E-state index contributed by atoms with van der Waals surface area (Å²) in [6.45, 7) is 1.54. The van der Waals surface area contributed by atoms with Gasteiger partial charge in [0, 0.05) is 0 Å². The van der Waals surface area contributed by atoms with Gasteiger partial charge in [0.15, 0.2) is 6.10 Å². The molecule has 1 unspecified atom stereocenters. The molecule has 1 atom stereocenters. The number of hydrogen-bond donors (Lipinski definition) is 1. The van der Waals surface area contributed by atoms with Crippen LogP contribution in [0.4, 0.5) is 0 Å². The largest absolute Gasteiger partial charge is 0.449 e. The fourth-order valence-corrected chi connectivity index (χ4v) is 3.72. The number of amides is 1. The summed E-state index contributed by atoms with van der Waals surface area (Å²) in [5, 5.41) is 12.4. The molecule has 0 aliphatic heterocycles. The van der Waals surface area contributed by atoms with Crippen molar-refractivity contribution in [3.05, 3.63) is 71.3 Å². The number of ether oxygens (including phenoxy) is 1. The van der Waals surface area contributed by atoms with Crippen molar-refractivity contribution in [2.24, 2.45) is 0 Å². The second-order valence-electron chi connectivity index (χ2n) is 7.61. The fourth-order valence-electron chi connectivity index (χ4n) is 3.72. The molecule has 1 N–H and O–H groups in total. The smallest absolute Gasteiger partial charge is 0.339 e. The van der Waals surface area contributed by atoms with Crippen molar-refractivity contribution in [3.63, 3.8) is 0 Å². The van der Waals surface area contributed by atoms with Crippen LogP contribution in [-0.2, 0) is 16.0 Å². The van der Waals surface area contributed by atoms with E-state index in [4.69, 9.17) is 4.74 Å². The van der Waals surface area contributed by atoms with E-state index in [2.05, 4.69) is 11.4 Å². The molecule has 0 aromatic heterocycles. The lowest BCUT2D eigenvalue weighted by Crippen LogP contribution is -2.52. The number of rotatable bonds is 6. The molecular weight excluding hydrogens is 364 g/mol. The SMILES string of the molecule is CC(OC(=O)c1ccccc1Cc1ccccc1)C(=O)NC1(C#N)CCCCC1. The second-order valence-corrected chi connectivity index (χ2v) is 7.61. The predicted molar refractivity (Wildman–Crippen MR) is 110 cm³/mol. The van der Waals surface area contributed by atoms with Gasteiger partial charge in [0.1, 0.15) is 5.54 Å². The number of esters is 1. The normalized spacial score (nSPS) is 16.3. The lowest BCUT2D eigenvalue weighted by Gasteiger charge is -2.32. The number of nitrogens with one attached hydrogen (secondary N) is 1. The molecule has 1 saturated carbocycles. The Labute approximate surface area is 171 Å². The van der Waals surface area contributed by atoms with Crippen LogP contribution in [0.2, 0.25) is 0 Å². The van der Waals surface area contributed by atoms with Gasteiger partial charge in [-0.15, -0.1) is 0 Å². The Morgan fingerprint density at radius 3 is 2.41 bits per heavy atom. The molecule has 3 rings (SSSR count). The van der Waals surface area contributed by atoms with Gasteiger partial charge in [0.05, 0.1) is 11.6 Å². The molecule has 1 aliphatic rings. The summed E-state index contributed by atoms with van der Waals surface area (Å²) < 4.78 is 5.45. The average Bonchev–Trinajstić information content (AvgIpc) is 2.75. The molecule has 0 radical (unpaired) electrons. The zero-order valence-electron chi connectivity index (χ0n) is 16.7. The molecule has 1 amide bonds. The third-order valence-corrected chi connectivity index (χ3v) is 5.41. The molecule has 5 heteroatoms. The van der Waals surface area contributed by atoms with Crippen LogP contribution in [0.25, 0.3) is 0 Å². The van der Waals surface area contributed by atoms with Gasteiger partial charge in [0.25, 0.3) is 5.91 Å². The number of carbonyl (C=O) groups is 2. The Bertz CT molecular complexity index is 896. The molecule has 150 valence electrons. The van der Waals surface area contributed by atoms with E-state index < -0.39 is 23.5 Å². The highest BCUT2D eigenvalue weighted by atomic mass is 16.5. The van der Waals surface area contributed by atoms with Crippen LogP contribution < -0.4 is 5.32 Å². The first-order valence-electron chi connectivity index (χ1n) is 10.1. The van der Waals surface area contributed by atoms with Crippen LogP contribution in [0.5, 0.6) is 0 Å². The van der Waals surface area contributed by atoms with E-state index in [-0.39, 0.29) is 0 Å². The molecule has 0 saturated heterocycles. The highest BCUT2D eigenvalue weighted by molar-refractivity contribution is 5.93. The van der Waals surface area contributed by atoms with E-state index in [0.29, 0.717) is 24.8 Å². The standard InChI is InChI=1S/C24H26N2O3/c1-18(22(27)26-24(17-25)14-8-3-9-15-24)29-23(28)21-13-7-6-12-20(21)16-19-10-4-2-5-11-19/h2,4-7,10-13,18H,3,8-9,14-16H2,1H3,(H,26,27). The minimum atomic E-state index is -0.973. The van der Waals surface area contributed by atoms with Gasteiger partial charge in [-0.25, -0.2) is 4.79 Å². The molecule has 5 nitrogen and oxygen atoms in total. The lowest BCUT2D eigenvalue weighted by atomic mass is 9.83. The van der Waals surface area contributed by atoms with E-state index in [1.807, 2.05) is 42.5 Å². The van der Waals surface area contributed by atoms with E-state index in [1.165, 1.54) is 0 Å². The molecule has 0 bridgehead atoms. The first-order chi connectivity index (χ1) is 14.0. The number of nitriles is 1. The van der Waals surface area contributed by atoms with Gasteiger partial charge in [-0.1, -0.05) is 67.8 Å². The van der Waals surface area contributed by atoms with Crippen molar-refractivity contribution in [2.75, 3.05) is 0 Å². The molecule has 0 heterocycles. The van der Waals surface area contributed by atoms with Crippen LogP contribution in [0.3, 0.4) is 0 Å². The zero-order valence-corrected chi connectivity index (χ0v) is 16.7. The summed E-state index contributed by atoms with van der Waals surface area (Å²) in [5.41, 5.74) is 1.54. The predicted octanol–water partition coefficient (Wildman–Crippen LogP) is 4.17. The van der Waals surface area contributed by atoms with Crippen LogP contribution in [0, 0.1) is 11.3 Å². The number of nitrogens with zero attached hydrogens (tertiary/aromatic N) is 1. The van der Waals surface area contributed by atoms with Crippen LogP contribution >= 0.6 is 0 Å². The minimum Gasteiger partial charge on any atom is -0.449 e. The molecule has 1 fully saturated rings. The second kappa shape index (κ2) is 9.38. The van der Waals surface area contributed by atoms with E-state index in [9.17, 15) is 14.9 Å². The van der Waals surface area contributed by atoms with Gasteiger partial charge in [0.2, 0.25) is 0 Å². The molecule has 2 aromatic carbocycles. The van der Waals surface area contributed by atoms with Gasteiger partial charge in [-0.05, 0) is 43.4 Å². The van der Waals surface area contributed by atoms with Crippen molar-refractivity contribution < 1.29 is 14.3 Å². The Morgan fingerprint density at radius 1 is 1.07 bits per heavy atom. The van der Waals surface area contributed by atoms with Crippen molar-refractivity contribution in [2.45, 2.75) is 57.1 Å². The van der Waals surface area contributed by atoms with Gasteiger partial charge in [-0.2, -0.15) is 5.26 Å². The quantitative estimate of drug-likeness (QED) is 0.751. The van der Waals surface area contributed by atoms with E-state index in [0.717, 1.165) is 30.4 Å². The maximum Gasteiger partial charge on any atom is 0.339 e. The minimum absolute atomic E-state index is 0.428. The monoisotopic (exact) mass is 390 g/mol. The van der Waals surface area contributed by atoms with Crippen LogP contribution in [-0.4, -0.2) is 23.5 Å². The lowest BCUT2D eigenvalue weighted by molar-refractivity contribution is -0.130. The third kappa shape index (κ3) is 5.23. The summed E-state index contributed by atoms with van der Waals surface area (Å²) in [4.78, 5) is 25.3. The van der Waals surface area contributed by atoms with Gasteiger partial charge in [-0.3, -0.25) is 4.79 Å². The first kappa shape index (κ1) is 20.6. The first-order valence-corrected chi connectivity index (χ1v) is 10.1. The zero-order chi connectivity index (χ0) is 20.7. The van der Waals surface area contributed by atoms with E-state index >= 15 is 0 Å². The van der Waals surface area contributed by atoms with Crippen molar-refractivity contribution in [3.8, 4) is 6.07 Å². The fraction of sp³-hybridized carbons (Fsp3) is 0.375. The Balaban J connectivity index is 1.67. The summed E-state index contributed by atoms with van der Waals surface area (Å²) in [6, 6.07) is 19.4. The van der Waals surface area contributed by atoms with Crippen molar-refractivity contribution >= 4 is 11.9 Å². The van der Waals surface area contributed by atoms with Crippen molar-refractivity contribution in [1.82, 2.24) is 5.32 Å². The Morgan fingerprint density at radius 2 is 1.72 bits per heavy atom. The maximum atomic E-state index is 12.7. The summed E-state index contributed by atoms with van der Waals surface area (Å²) in [6.07, 6.45) is 3.79. The number of benzene rings is 2. The molecular formula is C24H26N2O3. The Hall–Kier alpha value is -3.13. The van der Waals surface area contributed by atoms with E-state index in [1.54, 1.807) is 19.1 Å². The summed E-state index contributed by atoms with van der Waals surface area (Å²) >= 11 is 0. The summed E-state index contributed by atoms with van der Waals surface area (Å²) in [5.74, 6) is -0.962. The highest BCUT2D eigenvalue weighted by Gasteiger charge is 2.35. The third-order valence-electron chi connectivity index (χ3n) is 5.41. The molecule has 2 aromatic rings. The average molecular weight is 390 g/mol. The van der Waals surface area contributed by atoms with Crippen LogP contribution in [0.15, 0.2) is 54.6 Å². The maximum absolute atomic E-state index is 12.7. The van der Waals surface area contributed by atoms with Crippen LogP contribution in [0.1, 0.15) is 60.5 Å². The van der Waals surface area contributed by atoms with Gasteiger partial charge < -0.3 is 10.1 Å². The molecule has 0 spiro atoms. The highest BCUT2D eigenvalue weighted by Crippen LogP contribution is 2.27. The van der Waals surface area contributed by atoms with Gasteiger partial charge >= 0.3 is 5.97 Å². The molecule has 29 heavy (non-hydrogen) atoms. The summed E-state index contributed by atoms with van der Waals surface area (Å²) in [7, 11) is 0. The topological polar surface area (TPSA) is 79.2 Å². The Kier molecular flexibility index (Phi) is 6.66. The number of carbonyl (C=O) groups excluding carboxylic acids is 2. The number of hydrogen-bond acceptors (Lipinski definition) is 4.